The van der Waals surface area contributed by atoms with Gasteiger partial charge in [0.15, 0.2) is 6.10 Å². The third kappa shape index (κ3) is 4.85. The topological polar surface area (TPSA) is 55.8 Å². The van der Waals surface area contributed by atoms with Crippen LogP contribution in [0.25, 0.3) is 0 Å². The molecule has 0 N–H and O–H groups in total. The van der Waals surface area contributed by atoms with Crippen molar-refractivity contribution in [1.82, 2.24) is 4.90 Å². The number of likely N-dealkylation sites (tertiary alicyclic amines) is 2. The van der Waals surface area contributed by atoms with E-state index >= 15 is 0 Å². The molecule has 6 fully saturated rings. The first-order chi connectivity index (χ1) is 19.0. The predicted molar refractivity (Wildman–Crippen MR) is 156 cm³/mol. The summed E-state index contributed by atoms with van der Waals surface area (Å²) in [5.74, 6) is 2.50. The van der Waals surface area contributed by atoms with Crippen LogP contribution in [0.2, 0.25) is 0 Å². The SMILES string of the molecule is CC(=O)OC1C([N+]2(C)CCCCC2)CC2C3CC[C@H]4C[C@H](OC(C)=O)C(N5CCCCC5)C[C@]4(C)C3CC[C@@]21C. The number of carbonyl (C=O) groups excluding carboxylic acids is 2. The Labute approximate surface area is 243 Å². The highest BCUT2D eigenvalue weighted by molar-refractivity contribution is 5.66. The fourth-order valence-electron chi connectivity index (χ4n) is 11.7. The second-order valence-electron chi connectivity index (χ2n) is 15.8. The standard InChI is InChI=1S/C34H57N2O4/c1-23(37)39-31-20-25-12-13-26-27(34(25,4)22-29(31)35-16-8-6-9-17-35)14-15-33(3)28(26)21-30(32(33)40-24(2)38)36(5)18-10-7-11-19-36/h25-32H,6-22H2,1-5H3/q+1/t25-,26?,27?,28?,29?,30?,31-,32?,33-,34-/m0/s1. The monoisotopic (exact) mass is 557 g/mol. The Morgan fingerprint density at radius 1 is 0.800 bits per heavy atom. The van der Waals surface area contributed by atoms with Gasteiger partial charge < -0.3 is 14.0 Å². The minimum absolute atomic E-state index is 0.0466. The lowest BCUT2D eigenvalue weighted by Gasteiger charge is -2.62. The first kappa shape index (κ1) is 29.0. The van der Waals surface area contributed by atoms with Crippen LogP contribution in [0.4, 0.5) is 0 Å². The summed E-state index contributed by atoms with van der Waals surface area (Å²) in [5, 5.41) is 0. The molecule has 4 aliphatic carbocycles. The Morgan fingerprint density at radius 2 is 1.48 bits per heavy atom. The molecular formula is C34H57N2O4+. The van der Waals surface area contributed by atoms with Gasteiger partial charge in [0.25, 0.3) is 0 Å². The van der Waals surface area contributed by atoms with Crippen molar-refractivity contribution < 1.29 is 23.5 Å². The van der Waals surface area contributed by atoms with E-state index in [-0.39, 0.29) is 29.6 Å². The van der Waals surface area contributed by atoms with Gasteiger partial charge in [-0.1, -0.05) is 20.3 Å². The van der Waals surface area contributed by atoms with Crippen LogP contribution < -0.4 is 0 Å². The van der Waals surface area contributed by atoms with Gasteiger partial charge in [0.2, 0.25) is 0 Å². The summed E-state index contributed by atoms with van der Waals surface area (Å²) in [5.41, 5.74) is 0.377. The lowest BCUT2D eigenvalue weighted by atomic mass is 9.44. The van der Waals surface area contributed by atoms with Gasteiger partial charge in [-0.15, -0.1) is 0 Å². The van der Waals surface area contributed by atoms with Gasteiger partial charge in [0, 0.05) is 31.7 Å². The first-order valence-electron chi connectivity index (χ1n) is 17.0. The Morgan fingerprint density at radius 3 is 2.15 bits per heavy atom. The lowest BCUT2D eigenvalue weighted by molar-refractivity contribution is -0.940. The summed E-state index contributed by atoms with van der Waals surface area (Å²) < 4.78 is 13.5. The second-order valence-corrected chi connectivity index (χ2v) is 15.8. The molecule has 0 aromatic rings. The van der Waals surface area contributed by atoms with Crippen LogP contribution in [0, 0.1) is 34.5 Å². The fraction of sp³-hybridized carbons (Fsp3) is 0.941. The van der Waals surface area contributed by atoms with Crippen molar-refractivity contribution in [2.75, 3.05) is 33.2 Å². The van der Waals surface area contributed by atoms with Crippen molar-refractivity contribution in [1.29, 1.82) is 0 Å². The number of fused-ring (bicyclic) bond motifs is 5. The number of likely N-dealkylation sites (N-methyl/N-ethyl adjacent to an activating group) is 1. The van der Waals surface area contributed by atoms with Crippen LogP contribution in [0.5, 0.6) is 0 Å². The van der Waals surface area contributed by atoms with Crippen LogP contribution in [0.3, 0.4) is 0 Å². The van der Waals surface area contributed by atoms with E-state index in [1.165, 1.54) is 90.1 Å². The molecule has 6 aliphatic rings. The molecule has 6 nitrogen and oxygen atoms in total. The number of carbonyl (C=O) groups is 2. The van der Waals surface area contributed by atoms with E-state index in [4.69, 9.17) is 9.47 Å². The van der Waals surface area contributed by atoms with Crippen molar-refractivity contribution in [3.8, 4) is 0 Å². The molecule has 0 aromatic carbocycles. The summed E-state index contributed by atoms with van der Waals surface area (Å²) in [7, 11) is 2.47. The molecule has 2 heterocycles. The van der Waals surface area contributed by atoms with Crippen LogP contribution in [0.1, 0.15) is 111 Å². The van der Waals surface area contributed by atoms with Crippen LogP contribution in [-0.2, 0) is 19.1 Å². The van der Waals surface area contributed by atoms with Gasteiger partial charge in [-0.25, -0.2) is 0 Å². The van der Waals surface area contributed by atoms with Crippen LogP contribution in [0.15, 0.2) is 0 Å². The van der Waals surface area contributed by atoms with Crippen molar-refractivity contribution in [3.63, 3.8) is 0 Å². The largest absolute Gasteiger partial charge is 0.461 e. The molecular weight excluding hydrogens is 500 g/mol. The van der Waals surface area contributed by atoms with E-state index in [1.54, 1.807) is 13.8 Å². The van der Waals surface area contributed by atoms with E-state index in [1.807, 2.05) is 0 Å². The molecule has 2 aliphatic heterocycles. The Bertz CT molecular complexity index is 958. The number of ether oxygens (including phenoxy) is 2. The van der Waals surface area contributed by atoms with Gasteiger partial charge in [0.1, 0.15) is 12.1 Å². The zero-order valence-electron chi connectivity index (χ0n) is 26.2. The fourth-order valence-corrected chi connectivity index (χ4v) is 11.7. The van der Waals surface area contributed by atoms with Crippen molar-refractivity contribution in [3.05, 3.63) is 0 Å². The summed E-state index contributed by atoms with van der Waals surface area (Å²) >= 11 is 0. The molecule has 0 spiro atoms. The Hall–Kier alpha value is -1.14. The van der Waals surface area contributed by atoms with Gasteiger partial charge in [-0.2, -0.15) is 0 Å². The summed E-state index contributed by atoms with van der Waals surface area (Å²) in [4.78, 5) is 27.4. The molecule has 0 bridgehead atoms. The Balaban J connectivity index is 1.29. The van der Waals surface area contributed by atoms with Crippen LogP contribution >= 0.6 is 0 Å². The average Bonchev–Trinajstić information content (AvgIpc) is 3.21. The average molecular weight is 558 g/mol. The molecule has 226 valence electrons. The normalized spacial score (nSPS) is 46.9. The lowest BCUT2D eigenvalue weighted by Crippen LogP contribution is -2.61. The summed E-state index contributed by atoms with van der Waals surface area (Å²) in [6.07, 6.45) is 16.3. The maximum atomic E-state index is 12.5. The third-order valence-corrected chi connectivity index (χ3v) is 13.7. The number of hydrogen-bond donors (Lipinski definition) is 0. The quantitative estimate of drug-likeness (QED) is 0.315. The highest BCUT2D eigenvalue weighted by Crippen LogP contribution is 2.67. The van der Waals surface area contributed by atoms with E-state index in [0.717, 1.165) is 29.9 Å². The third-order valence-electron chi connectivity index (χ3n) is 13.7. The van der Waals surface area contributed by atoms with Gasteiger partial charge >= 0.3 is 11.9 Å². The molecule has 10 atom stereocenters. The first-order valence-corrected chi connectivity index (χ1v) is 17.0. The minimum atomic E-state index is -0.111. The molecule has 6 heteroatoms. The molecule has 0 aromatic heterocycles. The highest BCUT2D eigenvalue weighted by Gasteiger charge is 2.67. The van der Waals surface area contributed by atoms with Gasteiger partial charge in [-0.05, 0) is 113 Å². The van der Waals surface area contributed by atoms with Crippen molar-refractivity contribution in [2.24, 2.45) is 34.5 Å². The zero-order chi connectivity index (χ0) is 28.3. The summed E-state index contributed by atoms with van der Waals surface area (Å²) in [6.45, 7) is 13.1. The number of nitrogens with zero attached hydrogens (tertiary/aromatic N) is 2. The number of hydrogen-bond acceptors (Lipinski definition) is 5. The van der Waals surface area contributed by atoms with E-state index in [2.05, 4.69) is 25.8 Å². The predicted octanol–water partition coefficient (Wildman–Crippen LogP) is 5.97. The van der Waals surface area contributed by atoms with E-state index < -0.39 is 0 Å². The maximum absolute atomic E-state index is 12.5. The second kappa shape index (κ2) is 10.8. The van der Waals surface area contributed by atoms with E-state index in [9.17, 15) is 9.59 Å². The van der Waals surface area contributed by atoms with Crippen molar-refractivity contribution in [2.45, 2.75) is 135 Å². The Kier molecular flexibility index (Phi) is 7.85. The molecule has 6 rings (SSSR count). The zero-order valence-corrected chi connectivity index (χ0v) is 26.2. The summed E-state index contributed by atoms with van der Waals surface area (Å²) in [6, 6.07) is 0.796. The molecule has 6 unspecified atom stereocenters. The molecule has 4 saturated carbocycles. The smallest absolute Gasteiger partial charge is 0.303 e. The highest BCUT2D eigenvalue weighted by atomic mass is 16.5. The number of piperidine rings is 2. The van der Waals surface area contributed by atoms with Gasteiger partial charge in [-0.3, -0.25) is 14.5 Å². The van der Waals surface area contributed by atoms with Crippen LogP contribution in [-0.4, -0.2) is 78.8 Å². The number of rotatable bonds is 4. The minimum Gasteiger partial charge on any atom is -0.461 e. The molecule has 2 saturated heterocycles. The molecule has 0 radical (unpaired) electrons. The maximum Gasteiger partial charge on any atom is 0.303 e. The molecule has 40 heavy (non-hydrogen) atoms. The van der Waals surface area contributed by atoms with E-state index in [0.29, 0.717) is 35.3 Å². The van der Waals surface area contributed by atoms with Crippen molar-refractivity contribution >= 4 is 11.9 Å². The number of quaternary nitrogens is 1. The number of esters is 2. The van der Waals surface area contributed by atoms with Gasteiger partial charge in [0.05, 0.1) is 20.1 Å². The molecule has 0 amide bonds.